The molecule has 0 radical (unpaired) electrons. The minimum Gasteiger partial charge on any atom is -0.362 e. The minimum absolute atomic E-state index is 0.798. The zero-order chi connectivity index (χ0) is 25.5. The normalized spacial score (nSPS) is 17.7. The Morgan fingerprint density at radius 1 is 0.784 bits per heavy atom. The molecule has 37 heavy (non-hydrogen) atoms. The van der Waals surface area contributed by atoms with Gasteiger partial charge in [-0.2, -0.15) is 0 Å². The molecular formula is C33H40N4. The SMILES string of the molecule is CN(C)c1nc(CCCC2CCC(CNCc3ccccc3-c3ccccc3)CC2)nc2ccccc12. The van der Waals surface area contributed by atoms with E-state index in [1.807, 2.05) is 0 Å². The molecule has 0 atom stereocenters. The zero-order valence-electron chi connectivity index (χ0n) is 22.4. The molecule has 1 N–H and O–H groups in total. The van der Waals surface area contributed by atoms with Gasteiger partial charge in [0.15, 0.2) is 0 Å². The predicted octanol–water partition coefficient (Wildman–Crippen LogP) is 7.28. The Morgan fingerprint density at radius 3 is 2.30 bits per heavy atom. The third-order valence-corrected chi connectivity index (χ3v) is 7.88. The summed E-state index contributed by atoms with van der Waals surface area (Å²) < 4.78 is 0. The van der Waals surface area contributed by atoms with Crippen LogP contribution in [0.5, 0.6) is 0 Å². The molecule has 5 rings (SSSR count). The van der Waals surface area contributed by atoms with Gasteiger partial charge in [-0.1, -0.05) is 86.0 Å². The standard InChI is InChI=1S/C33H40N4/c1-37(2)33-30-16-8-9-17-31(30)35-32(36-33)18-10-11-25-19-21-26(22-20-25)23-34-24-28-14-6-7-15-29(28)27-12-4-3-5-13-27/h3-9,12-17,25-26,34H,10-11,18-24H2,1-2H3. The van der Waals surface area contributed by atoms with Gasteiger partial charge in [-0.3, -0.25) is 0 Å². The number of anilines is 1. The van der Waals surface area contributed by atoms with Gasteiger partial charge in [-0.05, 0) is 66.5 Å². The molecule has 0 spiro atoms. The van der Waals surface area contributed by atoms with Crippen LogP contribution < -0.4 is 10.2 Å². The van der Waals surface area contributed by atoms with Crippen molar-refractivity contribution in [3.05, 3.63) is 90.3 Å². The van der Waals surface area contributed by atoms with Crippen molar-refractivity contribution < 1.29 is 0 Å². The fourth-order valence-electron chi connectivity index (χ4n) is 5.82. The lowest BCUT2D eigenvalue weighted by Gasteiger charge is -2.29. The fourth-order valence-corrected chi connectivity index (χ4v) is 5.82. The molecule has 4 nitrogen and oxygen atoms in total. The minimum atomic E-state index is 0.798. The predicted molar refractivity (Wildman–Crippen MR) is 156 cm³/mol. The monoisotopic (exact) mass is 492 g/mol. The Kier molecular flexibility index (Phi) is 8.47. The van der Waals surface area contributed by atoms with Gasteiger partial charge in [-0.25, -0.2) is 9.97 Å². The molecule has 1 fully saturated rings. The van der Waals surface area contributed by atoms with Crippen LogP contribution in [0.4, 0.5) is 5.82 Å². The van der Waals surface area contributed by atoms with E-state index in [1.54, 1.807) is 0 Å². The molecule has 192 valence electrons. The van der Waals surface area contributed by atoms with Crippen LogP contribution in [-0.4, -0.2) is 30.6 Å². The van der Waals surface area contributed by atoms with E-state index in [4.69, 9.17) is 9.97 Å². The summed E-state index contributed by atoms with van der Waals surface area (Å²) in [6, 6.07) is 27.9. The van der Waals surface area contributed by atoms with Crippen LogP contribution in [0.25, 0.3) is 22.0 Å². The van der Waals surface area contributed by atoms with Crippen LogP contribution >= 0.6 is 0 Å². The Balaban J connectivity index is 1.06. The molecule has 3 aromatic carbocycles. The van der Waals surface area contributed by atoms with Crippen molar-refractivity contribution in [2.45, 2.75) is 51.5 Å². The summed E-state index contributed by atoms with van der Waals surface area (Å²) in [5.41, 5.74) is 5.08. The Morgan fingerprint density at radius 2 is 1.49 bits per heavy atom. The largest absolute Gasteiger partial charge is 0.362 e. The number of fused-ring (bicyclic) bond motifs is 1. The van der Waals surface area contributed by atoms with Crippen LogP contribution in [0, 0.1) is 11.8 Å². The van der Waals surface area contributed by atoms with E-state index in [0.717, 1.165) is 53.9 Å². The summed E-state index contributed by atoms with van der Waals surface area (Å²) in [7, 11) is 4.13. The molecule has 0 saturated heterocycles. The van der Waals surface area contributed by atoms with Crippen LogP contribution in [0.1, 0.15) is 49.9 Å². The average Bonchev–Trinajstić information content (AvgIpc) is 2.94. The summed E-state index contributed by atoms with van der Waals surface area (Å²) >= 11 is 0. The van der Waals surface area contributed by atoms with Gasteiger partial charge >= 0.3 is 0 Å². The third-order valence-electron chi connectivity index (χ3n) is 7.88. The maximum atomic E-state index is 4.89. The molecular weight excluding hydrogens is 452 g/mol. The highest BCUT2D eigenvalue weighted by atomic mass is 15.1. The highest BCUT2D eigenvalue weighted by molar-refractivity contribution is 5.89. The van der Waals surface area contributed by atoms with Crippen molar-refractivity contribution in [3.8, 4) is 11.1 Å². The Bertz CT molecular complexity index is 1280. The van der Waals surface area contributed by atoms with Gasteiger partial charge in [0.2, 0.25) is 0 Å². The first-order valence-corrected chi connectivity index (χ1v) is 13.9. The number of hydrogen-bond donors (Lipinski definition) is 1. The van der Waals surface area contributed by atoms with Gasteiger partial charge in [0.05, 0.1) is 5.52 Å². The molecule has 4 aromatic rings. The van der Waals surface area contributed by atoms with Crippen LogP contribution in [-0.2, 0) is 13.0 Å². The first-order valence-electron chi connectivity index (χ1n) is 13.9. The second-order valence-corrected chi connectivity index (χ2v) is 10.8. The molecule has 0 aliphatic heterocycles. The van der Waals surface area contributed by atoms with Crippen molar-refractivity contribution in [3.63, 3.8) is 0 Å². The summed E-state index contributed by atoms with van der Waals surface area (Å²) in [4.78, 5) is 11.8. The molecule has 1 heterocycles. The summed E-state index contributed by atoms with van der Waals surface area (Å²) in [5.74, 6) is 3.66. The van der Waals surface area contributed by atoms with Crippen molar-refractivity contribution >= 4 is 16.7 Å². The van der Waals surface area contributed by atoms with Crippen molar-refractivity contribution in [1.82, 2.24) is 15.3 Å². The number of hydrogen-bond acceptors (Lipinski definition) is 4. The van der Waals surface area contributed by atoms with Gasteiger partial charge in [0.25, 0.3) is 0 Å². The first-order chi connectivity index (χ1) is 18.2. The second kappa shape index (κ2) is 12.3. The number of benzene rings is 3. The smallest absolute Gasteiger partial charge is 0.139 e. The molecule has 1 aromatic heterocycles. The van der Waals surface area contributed by atoms with E-state index in [1.165, 1.54) is 55.2 Å². The zero-order valence-corrected chi connectivity index (χ0v) is 22.4. The highest BCUT2D eigenvalue weighted by Gasteiger charge is 2.21. The molecule has 0 unspecified atom stereocenters. The lowest BCUT2D eigenvalue weighted by molar-refractivity contribution is 0.254. The van der Waals surface area contributed by atoms with Crippen LogP contribution in [0.3, 0.4) is 0 Å². The van der Waals surface area contributed by atoms with Crippen molar-refractivity contribution in [1.29, 1.82) is 0 Å². The third kappa shape index (κ3) is 6.56. The molecule has 0 amide bonds. The maximum Gasteiger partial charge on any atom is 0.139 e. The topological polar surface area (TPSA) is 41.1 Å². The van der Waals surface area contributed by atoms with Gasteiger partial charge in [0.1, 0.15) is 11.6 Å². The lowest BCUT2D eigenvalue weighted by atomic mass is 9.80. The average molecular weight is 493 g/mol. The quantitative estimate of drug-likeness (QED) is 0.252. The number of rotatable bonds is 10. The van der Waals surface area contributed by atoms with Crippen molar-refractivity contribution in [2.75, 3.05) is 25.5 Å². The number of aryl methyl sites for hydroxylation is 1. The fraction of sp³-hybridized carbons (Fsp3) is 0.394. The Hall–Kier alpha value is -3.24. The molecule has 1 saturated carbocycles. The van der Waals surface area contributed by atoms with Gasteiger partial charge in [-0.15, -0.1) is 0 Å². The molecule has 1 aliphatic rings. The molecule has 0 bridgehead atoms. The molecule has 1 aliphatic carbocycles. The van der Waals surface area contributed by atoms with E-state index in [9.17, 15) is 0 Å². The second-order valence-electron chi connectivity index (χ2n) is 10.8. The first kappa shape index (κ1) is 25.4. The number of nitrogens with zero attached hydrogens (tertiary/aromatic N) is 3. The Labute approximate surface area is 222 Å². The van der Waals surface area contributed by atoms with E-state index in [2.05, 4.69) is 103 Å². The summed E-state index contributed by atoms with van der Waals surface area (Å²) in [6.45, 7) is 2.06. The van der Waals surface area contributed by atoms with Crippen LogP contribution in [0.2, 0.25) is 0 Å². The number of aromatic nitrogens is 2. The highest BCUT2D eigenvalue weighted by Crippen LogP contribution is 2.32. The van der Waals surface area contributed by atoms with E-state index in [0.29, 0.717) is 0 Å². The van der Waals surface area contributed by atoms with Gasteiger partial charge < -0.3 is 10.2 Å². The van der Waals surface area contributed by atoms with Gasteiger partial charge in [0, 0.05) is 32.4 Å². The lowest BCUT2D eigenvalue weighted by Crippen LogP contribution is -2.26. The van der Waals surface area contributed by atoms with E-state index < -0.39 is 0 Å². The van der Waals surface area contributed by atoms with Crippen molar-refractivity contribution in [2.24, 2.45) is 11.8 Å². The van der Waals surface area contributed by atoms with E-state index in [-0.39, 0.29) is 0 Å². The summed E-state index contributed by atoms with van der Waals surface area (Å²) in [6.07, 6.45) is 8.83. The summed E-state index contributed by atoms with van der Waals surface area (Å²) in [5, 5.41) is 4.90. The maximum absolute atomic E-state index is 4.89. The van der Waals surface area contributed by atoms with Crippen LogP contribution in [0.15, 0.2) is 78.9 Å². The van der Waals surface area contributed by atoms with E-state index >= 15 is 0 Å². The number of nitrogens with one attached hydrogen (secondary N) is 1. The molecule has 4 heteroatoms. The number of para-hydroxylation sites is 1.